The van der Waals surface area contributed by atoms with E-state index in [4.69, 9.17) is 4.74 Å². The lowest BCUT2D eigenvalue weighted by Crippen LogP contribution is -2.45. The van der Waals surface area contributed by atoms with Gasteiger partial charge in [0, 0.05) is 25.9 Å². The number of carbonyl (C=O) groups is 2. The average Bonchev–Trinajstić information content (AvgIpc) is 2.95. The molecule has 1 unspecified atom stereocenters. The maximum absolute atomic E-state index is 11.9. The number of esters is 1. The highest BCUT2D eigenvalue weighted by Gasteiger charge is 2.22. The molecule has 1 aliphatic heterocycles. The maximum Gasteiger partial charge on any atom is 0.305 e. The molecule has 8 nitrogen and oxygen atoms in total. The Bertz CT molecular complexity index is 493. The molecule has 1 atom stereocenters. The van der Waals surface area contributed by atoms with E-state index >= 15 is 0 Å². The van der Waals surface area contributed by atoms with Gasteiger partial charge in [0.05, 0.1) is 13.7 Å². The highest BCUT2D eigenvalue weighted by Crippen LogP contribution is 2.17. The van der Waals surface area contributed by atoms with Crippen LogP contribution in [0.2, 0.25) is 0 Å². The number of ether oxygens (including phenoxy) is 2. The summed E-state index contributed by atoms with van der Waals surface area (Å²) in [4.78, 5) is 22.9. The summed E-state index contributed by atoms with van der Waals surface area (Å²) in [5.74, 6) is -0.463. The van der Waals surface area contributed by atoms with Gasteiger partial charge in [0.15, 0.2) is 0 Å². The summed E-state index contributed by atoms with van der Waals surface area (Å²) in [6, 6.07) is 0. The maximum atomic E-state index is 11.9. The van der Waals surface area contributed by atoms with Crippen LogP contribution in [-0.4, -0.2) is 55.0 Å². The minimum Gasteiger partial charge on any atom is -0.469 e. The van der Waals surface area contributed by atoms with Crippen molar-refractivity contribution in [3.63, 3.8) is 0 Å². The van der Waals surface area contributed by atoms with Gasteiger partial charge in [-0.3, -0.25) is 14.9 Å². The molecule has 0 saturated carbocycles. The zero-order chi connectivity index (χ0) is 15.1. The van der Waals surface area contributed by atoms with E-state index < -0.39 is 6.10 Å². The van der Waals surface area contributed by atoms with Crippen molar-refractivity contribution in [3.05, 3.63) is 5.01 Å². The third-order valence-electron chi connectivity index (χ3n) is 2.92. The smallest absolute Gasteiger partial charge is 0.305 e. The predicted molar refractivity (Wildman–Crippen MR) is 83.4 cm³/mol. The first-order valence-corrected chi connectivity index (χ1v) is 7.53. The Hall–Kier alpha value is -1.29. The number of anilines is 1. The number of nitrogens with one attached hydrogen (secondary N) is 2. The summed E-state index contributed by atoms with van der Waals surface area (Å²) in [5, 5.41) is 14.9. The molecule has 1 aliphatic rings. The Balaban J connectivity index is 0.00000242. The second-order valence-electron chi connectivity index (χ2n) is 4.48. The van der Waals surface area contributed by atoms with E-state index in [-0.39, 0.29) is 24.3 Å². The van der Waals surface area contributed by atoms with Crippen molar-refractivity contribution >= 4 is 40.8 Å². The summed E-state index contributed by atoms with van der Waals surface area (Å²) in [6.45, 7) is 1.77. The van der Waals surface area contributed by atoms with E-state index in [1.165, 1.54) is 18.4 Å². The van der Waals surface area contributed by atoms with Gasteiger partial charge in [-0.1, -0.05) is 11.3 Å². The SMILES string of the molecule is COC(=O)CCCc1nnc(NC(=O)C2CNCCO2)s1.Cl. The number of hydrogen-bond acceptors (Lipinski definition) is 8. The lowest BCUT2D eigenvalue weighted by atomic mass is 10.2. The zero-order valence-corrected chi connectivity index (χ0v) is 13.8. The lowest BCUT2D eigenvalue weighted by molar-refractivity contribution is -0.140. The highest BCUT2D eigenvalue weighted by atomic mass is 35.5. The van der Waals surface area contributed by atoms with Crippen molar-refractivity contribution < 1.29 is 19.1 Å². The van der Waals surface area contributed by atoms with E-state index in [2.05, 4.69) is 25.6 Å². The number of aryl methyl sites for hydroxylation is 1. The molecule has 124 valence electrons. The average molecular weight is 351 g/mol. The second kappa shape index (κ2) is 9.67. The van der Waals surface area contributed by atoms with Gasteiger partial charge >= 0.3 is 5.97 Å². The van der Waals surface area contributed by atoms with Crippen molar-refractivity contribution in [3.8, 4) is 0 Å². The molecule has 0 spiro atoms. The van der Waals surface area contributed by atoms with Crippen molar-refractivity contribution in [2.75, 3.05) is 32.1 Å². The van der Waals surface area contributed by atoms with Gasteiger partial charge in [-0.15, -0.1) is 22.6 Å². The molecule has 2 heterocycles. The van der Waals surface area contributed by atoms with Gasteiger partial charge in [-0.25, -0.2) is 0 Å². The van der Waals surface area contributed by atoms with Gasteiger partial charge in [-0.05, 0) is 6.42 Å². The van der Waals surface area contributed by atoms with Gasteiger partial charge in [0.2, 0.25) is 5.13 Å². The van der Waals surface area contributed by atoms with E-state index in [1.54, 1.807) is 0 Å². The Labute approximate surface area is 138 Å². The predicted octanol–water partition coefficient (Wildman–Crippen LogP) is 0.382. The number of aromatic nitrogens is 2. The summed E-state index contributed by atoms with van der Waals surface area (Å²) in [7, 11) is 1.36. The Morgan fingerprint density at radius 1 is 1.50 bits per heavy atom. The van der Waals surface area contributed by atoms with Crippen LogP contribution in [0.1, 0.15) is 17.8 Å². The summed E-state index contributed by atoms with van der Waals surface area (Å²) < 4.78 is 9.92. The largest absolute Gasteiger partial charge is 0.469 e. The molecule has 0 radical (unpaired) electrons. The first-order chi connectivity index (χ1) is 10.2. The van der Waals surface area contributed by atoms with E-state index in [0.29, 0.717) is 37.5 Å². The highest BCUT2D eigenvalue weighted by molar-refractivity contribution is 7.15. The molecule has 22 heavy (non-hydrogen) atoms. The fourth-order valence-electron chi connectivity index (χ4n) is 1.81. The summed E-state index contributed by atoms with van der Waals surface area (Å²) >= 11 is 1.30. The van der Waals surface area contributed by atoms with Crippen LogP contribution < -0.4 is 10.6 Å². The fraction of sp³-hybridized carbons (Fsp3) is 0.667. The molecular formula is C12H19ClN4O4S. The van der Waals surface area contributed by atoms with E-state index in [0.717, 1.165) is 11.6 Å². The van der Waals surface area contributed by atoms with Crippen molar-refractivity contribution in [2.24, 2.45) is 0 Å². The normalized spacial score (nSPS) is 17.4. The van der Waals surface area contributed by atoms with Crippen LogP contribution >= 0.6 is 23.7 Å². The van der Waals surface area contributed by atoms with Gasteiger partial charge in [0.25, 0.3) is 5.91 Å². The number of carbonyl (C=O) groups excluding carboxylic acids is 2. The molecule has 2 rings (SSSR count). The van der Waals surface area contributed by atoms with E-state index in [9.17, 15) is 9.59 Å². The Morgan fingerprint density at radius 3 is 3.00 bits per heavy atom. The van der Waals surface area contributed by atoms with E-state index in [1.807, 2.05) is 0 Å². The van der Waals surface area contributed by atoms with Gasteiger partial charge in [-0.2, -0.15) is 0 Å². The summed E-state index contributed by atoms with van der Waals surface area (Å²) in [5.41, 5.74) is 0. The van der Waals surface area contributed by atoms with Crippen LogP contribution in [0.25, 0.3) is 0 Å². The third-order valence-corrected chi connectivity index (χ3v) is 3.81. The third kappa shape index (κ3) is 5.84. The standard InChI is InChI=1S/C12H18N4O4S.ClH/c1-19-10(17)4-2-3-9-15-16-12(21-9)14-11(18)8-7-13-5-6-20-8;/h8,13H,2-7H2,1H3,(H,14,16,18);1H. The van der Waals surface area contributed by atoms with Crippen LogP contribution in [0.5, 0.6) is 0 Å². The number of hydrogen-bond donors (Lipinski definition) is 2. The van der Waals surface area contributed by atoms with Gasteiger partial charge in [0.1, 0.15) is 11.1 Å². The van der Waals surface area contributed by atoms with Gasteiger partial charge < -0.3 is 14.8 Å². The molecule has 10 heteroatoms. The first kappa shape index (κ1) is 18.8. The van der Waals surface area contributed by atoms with Crippen LogP contribution in [0.3, 0.4) is 0 Å². The number of nitrogens with zero attached hydrogens (tertiary/aromatic N) is 2. The molecule has 1 aromatic heterocycles. The van der Waals surface area contributed by atoms with Crippen LogP contribution in [0.4, 0.5) is 5.13 Å². The first-order valence-electron chi connectivity index (χ1n) is 6.71. The molecule has 1 fully saturated rings. The number of methoxy groups -OCH3 is 1. The fourth-order valence-corrected chi connectivity index (χ4v) is 2.60. The molecule has 1 aromatic rings. The van der Waals surface area contributed by atoms with Crippen LogP contribution in [0, 0.1) is 0 Å². The number of rotatable bonds is 6. The molecular weight excluding hydrogens is 332 g/mol. The van der Waals surface area contributed by atoms with Crippen molar-refractivity contribution in [2.45, 2.75) is 25.4 Å². The number of morpholine rings is 1. The molecule has 2 N–H and O–H groups in total. The molecule has 1 amide bonds. The number of halogens is 1. The Kier molecular flexibility index (Phi) is 8.25. The molecule has 0 aliphatic carbocycles. The van der Waals surface area contributed by atoms with Crippen LogP contribution in [0.15, 0.2) is 0 Å². The molecule has 0 aromatic carbocycles. The Morgan fingerprint density at radius 2 is 2.32 bits per heavy atom. The number of amides is 1. The quantitative estimate of drug-likeness (QED) is 0.715. The summed E-state index contributed by atoms with van der Waals surface area (Å²) in [6.07, 6.45) is 1.12. The topological polar surface area (TPSA) is 102 Å². The van der Waals surface area contributed by atoms with Crippen LogP contribution in [-0.2, 0) is 25.5 Å². The second-order valence-corrected chi connectivity index (χ2v) is 5.55. The lowest BCUT2D eigenvalue weighted by Gasteiger charge is -2.21. The molecule has 1 saturated heterocycles. The van der Waals surface area contributed by atoms with Crippen molar-refractivity contribution in [1.29, 1.82) is 0 Å². The van der Waals surface area contributed by atoms with Crippen molar-refractivity contribution in [1.82, 2.24) is 15.5 Å². The minimum atomic E-state index is -0.495. The monoisotopic (exact) mass is 350 g/mol. The molecule has 0 bridgehead atoms. The minimum absolute atomic E-state index is 0. The zero-order valence-electron chi connectivity index (χ0n) is 12.2.